The normalized spacial score (nSPS) is 12.2. The third-order valence-electron chi connectivity index (χ3n) is 2.01. The molecular weight excluding hydrogens is 307 g/mol. The first-order valence-corrected chi connectivity index (χ1v) is 7.30. The Balaban J connectivity index is 2.17. The van der Waals surface area contributed by atoms with Gasteiger partial charge in [0, 0.05) is 11.5 Å². The van der Waals surface area contributed by atoms with Crippen molar-refractivity contribution in [1.29, 1.82) is 0 Å². The predicted octanol–water partition coefficient (Wildman–Crippen LogP) is 3.39. The van der Waals surface area contributed by atoms with Gasteiger partial charge < -0.3 is 4.74 Å². The van der Waals surface area contributed by atoms with E-state index < -0.39 is 0 Å². The van der Waals surface area contributed by atoms with Crippen molar-refractivity contribution in [3.8, 4) is 0 Å². The maximum absolute atomic E-state index is 13.2. The summed E-state index contributed by atoms with van der Waals surface area (Å²) in [6.07, 6.45) is 0. The van der Waals surface area contributed by atoms with E-state index in [1.54, 1.807) is 30.8 Å². The van der Waals surface area contributed by atoms with E-state index in [0.717, 1.165) is 0 Å². The summed E-state index contributed by atoms with van der Waals surface area (Å²) in [5.41, 5.74) is 0.678. The Kier molecular flexibility index (Phi) is 6.58. The summed E-state index contributed by atoms with van der Waals surface area (Å²) in [4.78, 5) is 10.8. The molecule has 1 unspecified atom stereocenters. The standard InChI is InChI=1S/C12H14BrFO2S/c1-9(13)12(15)16-6-7-17-8-10-4-2-3-5-11(10)14/h2-5,9H,6-8H2,1H3. The minimum Gasteiger partial charge on any atom is -0.464 e. The van der Waals surface area contributed by atoms with E-state index in [1.807, 2.05) is 6.07 Å². The maximum Gasteiger partial charge on any atom is 0.319 e. The molecule has 17 heavy (non-hydrogen) atoms. The van der Waals surface area contributed by atoms with Crippen LogP contribution in [0.15, 0.2) is 24.3 Å². The first kappa shape index (κ1) is 14.5. The summed E-state index contributed by atoms with van der Waals surface area (Å²) in [5, 5.41) is 0. The Labute approximate surface area is 113 Å². The minimum atomic E-state index is -0.279. The van der Waals surface area contributed by atoms with Gasteiger partial charge in [-0.3, -0.25) is 4.79 Å². The molecule has 0 aromatic heterocycles. The average Bonchev–Trinajstić information content (AvgIpc) is 2.30. The van der Waals surface area contributed by atoms with Gasteiger partial charge in [0.25, 0.3) is 0 Å². The van der Waals surface area contributed by atoms with Crippen LogP contribution >= 0.6 is 27.7 Å². The predicted molar refractivity (Wildman–Crippen MR) is 71.9 cm³/mol. The summed E-state index contributed by atoms with van der Waals surface area (Å²) in [6, 6.07) is 6.69. The monoisotopic (exact) mass is 320 g/mol. The first-order valence-electron chi connectivity index (χ1n) is 5.23. The van der Waals surface area contributed by atoms with Gasteiger partial charge in [-0.25, -0.2) is 4.39 Å². The Bertz CT molecular complexity index is 371. The van der Waals surface area contributed by atoms with Crippen molar-refractivity contribution in [3.63, 3.8) is 0 Å². The van der Waals surface area contributed by atoms with Crippen LogP contribution in [0.5, 0.6) is 0 Å². The van der Waals surface area contributed by atoms with Gasteiger partial charge in [0.05, 0.1) is 0 Å². The van der Waals surface area contributed by atoms with E-state index in [4.69, 9.17) is 4.74 Å². The highest BCUT2D eigenvalue weighted by Gasteiger charge is 2.09. The zero-order valence-electron chi connectivity index (χ0n) is 9.49. The van der Waals surface area contributed by atoms with Crippen molar-refractivity contribution in [1.82, 2.24) is 0 Å². The van der Waals surface area contributed by atoms with Gasteiger partial charge in [-0.15, -0.1) is 0 Å². The highest BCUT2D eigenvalue weighted by Crippen LogP contribution is 2.15. The Morgan fingerprint density at radius 1 is 1.53 bits per heavy atom. The third kappa shape index (κ3) is 5.55. The lowest BCUT2D eigenvalue weighted by Crippen LogP contribution is -2.15. The van der Waals surface area contributed by atoms with E-state index in [-0.39, 0.29) is 16.6 Å². The number of hydrogen-bond acceptors (Lipinski definition) is 3. The highest BCUT2D eigenvalue weighted by molar-refractivity contribution is 9.10. The average molecular weight is 321 g/mol. The molecule has 0 aliphatic heterocycles. The minimum absolute atomic E-state index is 0.189. The van der Waals surface area contributed by atoms with Gasteiger partial charge in [0.2, 0.25) is 0 Å². The lowest BCUT2D eigenvalue weighted by atomic mass is 10.2. The lowest BCUT2D eigenvalue weighted by Gasteiger charge is -2.06. The van der Waals surface area contributed by atoms with Crippen LogP contribution in [0.1, 0.15) is 12.5 Å². The molecule has 1 rings (SSSR count). The Morgan fingerprint density at radius 3 is 2.88 bits per heavy atom. The van der Waals surface area contributed by atoms with Crippen LogP contribution in [-0.2, 0) is 15.3 Å². The molecule has 1 atom stereocenters. The molecule has 1 aromatic carbocycles. The van der Waals surface area contributed by atoms with E-state index >= 15 is 0 Å². The number of benzene rings is 1. The fourth-order valence-electron chi connectivity index (χ4n) is 1.11. The van der Waals surface area contributed by atoms with Crippen LogP contribution in [0.2, 0.25) is 0 Å². The van der Waals surface area contributed by atoms with Crippen LogP contribution in [0.4, 0.5) is 4.39 Å². The lowest BCUT2D eigenvalue weighted by molar-refractivity contribution is -0.141. The first-order chi connectivity index (χ1) is 8.11. The highest BCUT2D eigenvalue weighted by atomic mass is 79.9. The molecular formula is C12H14BrFO2S. The molecule has 0 amide bonds. The number of alkyl halides is 1. The van der Waals surface area contributed by atoms with Gasteiger partial charge in [-0.2, -0.15) is 11.8 Å². The molecule has 94 valence electrons. The summed E-state index contributed by atoms with van der Waals surface area (Å²) < 4.78 is 18.2. The second kappa shape index (κ2) is 7.71. The summed E-state index contributed by atoms with van der Waals surface area (Å²) in [5.74, 6) is 0.802. The number of halogens is 2. The summed E-state index contributed by atoms with van der Waals surface area (Å²) in [7, 11) is 0. The SMILES string of the molecule is CC(Br)C(=O)OCCSCc1ccccc1F. The molecule has 0 saturated carbocycles. The molecule has 0 aliphatic rings. The smallest absolute Gasteiger partial charge is 0.319 e. The zero-order valence-corrected chi connectivity index (χ0v) is 11.9. The molecule has 1 aromatic rings. The van der Waals surface area contributed by atoms with Crippen molar-refractivity contribution >= 4 is 33.7 Å². The number of carbonyl (C=O) groups is 1. The molecule has 5 heteroatoms. The number of ether oxygens (including phenoxy) is 1. The molecule has 0 bridgehead atoms. The summed E-state index contributed by atoms with van der Waals surface area (Å²) >= 11 is 4.67. The van der Waals surface area contributed by atoms with E-state index in [1.165, 1.54) is 6.07 Å². The van der Waals surface area contributed by atoms with E-state index in [2.05, 4.69) is 15.9 Å². The van der Waals surface area contributed by atoms with Crippen LogP contribution in [0.3, 0.4) is 0 Å². The fraction of sp³-hybridized carbons (Fsp3) is 0.417. The van der Waals surface area contributed by atoms with Crippen LogP contribution in [-0.4, -0.2) is 23.2 Å². The Morgan fingerprint density at radius 2 is 2.24 bits per heavy atom. The van der Waals surface area contributed by atoms with E-state index in [0.29, 0.717) is 23.7 Å². The van der Waals surface area contributed by atoms with Crippen LogP contribution in [0, 0.1) is 5.82 Å². The molecule has 0 saturated heterocycles. The van der Waals surface area contributed by atoms with Gasteiger partial charge in [0.1, 0.15) is 17.3 Å². The Hall–Kier alpha value is -0.550. The van der Waals surface area contributed by atoms with Crippen molar-refractivity contribution in [2.24, 2.45) is 0 Å². The third-order valence-corrected chi connectivity index (χ3v) is 3.36. The second-order valence-electron chi connectivity index (χ2n) is 3.43. The largest absolute Gasteiger partial charge is 0.464 e. The topological polar surface area (TPSA) is 26.3 Å². The van der Waals surface area contributed by atoms with E-state index in [9.17, 15) is 9.18 Å². The molecule has 0 aliphatic carbocycles. The van der Waals surface area contributed by atoms with Gasteiger partial charge in [-0.1, -0.05) is 34.1 Å². The zero-order chi connectivity index (χ0) is 12.7. The van der Waals surface area contributed by atoms with Crippen molar-refractivity contribution in [3.05, 3.63) is 35.6 Å². The van der Waals surface area contributed by atoms with Gasteiger partial charge in [-0.05, 0) is 18.6 Å². The number of carbonyl (C=O) groups excluding carboxylic acids is 1. The van der Waals surface area contributed by atoms with Crippen LogP contribution < -0.4 is 0 Å². The van der Waals surface area contributed by atoms with Crippen molar-refractivity contribution in [2.45, 2.75) is 17.5 Å². The molecule has 0 N–H and O–H groups in total. The molecule has 2 nitrogen and oxygen atoms in total. The number of thioether (sulfide) groups is 1. The molecule has 0 heterocycles. The second-order valence-corrected chi connectivity index (χ2v) is 5.91. The van der Waals surface area contributed by atoms with Gasteiger partial charge in [0.15, 0.2) is 0 Å². The van der Waals surface area contributed by atoms with Crippen molar-refractivity contribution < 1.29 is 13.9 Å². The molecule has 0 fully saturated rings. The molecule has 0 spiro atoms. The quantitative estimate of drug-likeness (QED) is 0.456. The van der Waals surface area contributed by atoms with Crippen LogP contribution in [0.25, 0.3) is 0 Å². The summed E-state index contributed by atoms with van der Waals surface area (Å²) in [6.45, 7) is 2.07. The fourth-order valence-corrected chi connectivity index (χ4v) is 2.05. The number of hydrogen-bond donors (Lipinski definition) is 0. The maximum atomic E-state index is 13.2. The molecule has 0 radical (unpaired) electrons. The number of rotatable bonds is 6. The number of esters is 1. The van der Waals surface area contributed by atoms with Crippen molar-refractivity contribution in [2.75, 3.05) is 12.4 Å². The van der Waals surface area contributed by atoms with Gasteiger partial charge >= 0.3 is 5.97 Å².